The molecule has 0 saturated heterocycles. The van der Waals surface area contributed by atoms with E-state index >= 15 is 0 Å². The highest BCUT2D eigenvalue weighted by molar-refractivity contribution is 6.30. The maximum Gasteiger partial charge on any atom is 0.213 e. The van der Waals surface area contributed by atoms with Crippen LogP contribution in [-0.2, 0) is 0 Å². The van der Waals surface area contributed by atoms with E-state index in [0.29, 0.717) is 11.4 Å². The van der Waals surface area contributed by atoms with Gasteiger partial charge in [0.1, 0.15) is 11.6 Å². The maximum absolute atomic E-state index is 13.4. The number of rotatable bonds is 3. The molecule has 2 heterocycles. The number of nitrogens with zero attached hydrogens (tertiary/aromatic N) is 3. The fraction of sp³-hybridized carbons (Fsp3) is 0.208. The molecule has 0 amide bonds. The SMILES string of the molecule is CN(C)c1ccc([C@@H]2Oc3ccc(Cl)cc3[C@H]3CC(c4ccc(F)cc4)=NN32)cc1. The van der Waals surface area contributed by atoms with Crippen LogP contribution in [0, 0.1) is 5.82 Å². The van der Waals surface area contributed by atoms with Gasteiger partial charge < -0.3 is 9.64 Å². The van der Waals surface area contributed by atoms with E-state index in [4.69, 9.17) is 21.4 Å². The minimum Gasteiger partial charge on any atom is -0.464 e. The summed E-state index contributed by atoms with van der Waals surface area (Å²) in [5, 5.41) is 7.57. The Kier molecular flexibility index (Phi) is 4.63. The number of halogens is 2. The summed E-state index contributed by atoms with van der Waals surface area (Å²) in [6, 6.07) is 20.5. The third-order valence-electron chi connectivity index (χ3n) is 5.62. The third kappa shape index (κ3) is 3.29. The van der Waals surface area contributed by atoms with Crippen molar-refractivity contribution >= 4 is 23.0 Å². The molecule has 4 nitrogen and oxygen atoms in total. The van der Waals surface area contributed by atoms with E-state index in [1.807, 2.05) is 37.3 Å². The summed E-state index contributed by atoms with van der Waals surface area (Å²) in [6.45, 7) is 0. The minimum atomic E-state index is -0.349. The zero-order chi connectivity index (χ0) is 20.8. The van der Waals surface area contributed by atoms with Crippen molar-refractivity contribution in [3.8, 4) is 5.75 Å². The number of hydrogen-bond donors (Lipinski definition) is 0. The van der Waals surface area contributed by atoms with Crippen LogP contribution in [-0.4, -0.2) is 24.8 Å². The summed E-state index contributed by atoms with van der Waals surface area (Å²) in [6.07, 6.45) is 0.354. The Morgan fingerprint density at radius 1 is 1.03 bits per heavy atom. The van der Waals surface area contributed by atoms with Crippen molar-refractivity contribution in [2.75, 3.05) is 19.0 Å². The van der Waals surface area contributed by atoms with Crippen molar-refractivity contribution in [3.63, 3.8) is 0 Å². The topological polar surface area (TPSA) is 28.1 Å². The van der Waals surface area contributed by atoms with E-state index in [0.717, 1.165) is 33.8 Å². The fourth-order valence-electron chi connectivity index (χ4n) is 4.03. The molecule has 0 saturated carbocycles. The van der Waals surface area contributed by atoms with Gasteiger partial charge in [0.15, 0.2) is 0 Å². The Balaban J connectivity index is 1.57. The molecule has 0 bridgehead atoms. The lowest BCUT2D eigenvalue weighted by Crippen LogP contribution is -2.33. The van der Waals surface area contributed by atoms with E-state index in [2.05, 4.69) is 29.2 Å². The quantitative estimate of drug-likeness (QED) is 0.536. The third-order valence-corrected chi connectivity index (χ3v) is 5.86. The second kappa shape index (κ2) is 7.33. The summed E-state index contributed by atoms with van der Waals surface area (Å²) in [5.41, 5.74) is 4.98. The van der Waals surface area contributed by atoms with Crippen LogP contribution in [0.1, 0.15) is 35.4 Å². The van der Waals surface area contributed by atoms with Gasteiger partial charge in [0, 0.05) is 42.4 Å². The Hall–Kier alpha value is -3.05. The van der Waals surface area contributed by atoms with Crippen molar-refractivity contribution in [2.45, 2.75) is 18.7 Å². The number of benzene rings is 3. The van der Waals surface area contributed by atoms with Crippen LogP contribution in [0.5, 0.6) is 5.75 Å². The number of hydrazone groups is 1. The van der Waals surface area contributed by atoms with Gasteiger partial charge in [-0.05, 0) is 48.0 Å². The smallest absolute Gasteiger partial charge is 0.213 e. The molecule has 5 rings (SSSR count). The van der Waals surface area contributed by atoms with Crippen molar-refractivity contribution in [2.24, 2.45) is 5.10 Å². The Morgan fingerprint density at radius 2 is 1.77 bits per heavy atom. The molecule has 152 valence electrons. The Bertz CT molecular complexity index is 1110. The lowest BCUT2D eigenvalue weighted by Gasteiger charge is -2.38. The molecule has 0 spiro atoms. The average Bonchev–Trinajstić information content (AvgIpc) is 3.19. The predicted molar refractivity (Wildman–Crippen MR) is 118 cm³/mol. The summed E-state index contributed by atoms with van der Waals surface area (Å²) < 4.78 is 19.8. The first-order chi connectivity index (χ1) is 14.5. The van der Waals surface area contributed by atoms with Crippen LogP contribution in [0.25, 0.3) is 0 Å². The van der Waals surface area contributed by atoms with Crippen LogP contribution < -0.4 is 9.64 Å². The predicted octanol–water partition coefficient (Wildman–Crippen LogP) is 5.79. The summed E-state index contributed by atoms with van der Waals surface area (Å²) >= 11 is 6.28. The van der Waals surface area contributed by atoms with Crippen LogP contribution in [0.3, 0.4) is 0 Å². The largest absolute Gasteiger partial charge is 0.464 e. The highest BCUT2D eigenvalue weighted by Gasteiger charge is 2.41. The molecule has 30 heavy (non-hydrogen) atoms. The first kappa shape index (κ1) is 18.9. The monoisotopic (exact) mass is 421 g/mol. The van der Waals surface area contributed by atoms with Crippen LogP contribution in [0.2, 0.25) is 5.02 Å². The second-order valence-electron chi connectivity index (χ2n) is 7.79. The van der Waals surface area contributed by atoms with E-state index in [1.54, 1.807) is 12.1 Å². The molecule has 0 aromatic heterocycles. The molecular formula is C24H21ClFN3O. The van der Waals surface area contributed by atoms with Gasteiger partial charge in [-0.3, -0.25) is 0 Å². The standard InChI is InChI=1S/C24H21ClFN3O/c1-28(2)19-10-5-16(6-11-19)24-29-22(20-13-17(25)7-12-23(20)30-24)14-21(27-29)15-3-8-18(26)9-4-15/h3-13,22,24H,14H2,1-2H3/t22-,24+/m1/s1. The molecule has 0 fully saturated rings. The van der Waals surface area contributed by atoms with Gasteiger partial charge in [-0.1, -0.05) is 35.9 Å². The molecule has 0 N–H and O–H groups in total. The minimum absolute atomic E-state index is 0.00558. The lowest BCUT2D eigenvalue weighted by atomic mass is 9.96. The van der Waals surface area contributed by atoms with Gasteiger partial charge in [0.2, 0.25) is 6.23 Å². The van der Waals surface area contributed by atoms with Crippen molar-refractivity contribution in [1.29, 1.82) is 0 Å². The molecule has 2 atom stereocenters. The van der Waals surface area contributed by atoms with E-state index in [9.17, 15) is 4.39 Å². The van der Waals surface area contributed by atoms with Crippen LogP contribution in [0.15, 0.2) is 71.8 Å². The normalized spacial score (nSPS) is 19.6. The zero-order valence-corrected chi connectivity index (χ0v) is 17.5. The Morgan fingerprint density at radius 3 is 2.47 bits per heavy atom. The number of fused-ring (bicyclic) bond motifs is 3. The molecule has 6 heteroatoms. The van der Waals surface area contributed by atoms with Gasteiger partial charge in [0.05, 0.1) is 11.8 Å². The van der Waals surface area contributed by atoms with Crippen LogP contribution in [0.4, 0.5) is 10.1 Å². The van der Waals surface area contributed by atoms with Crippen LogP contribution >= 0.6 is 11.6 Å². The molecular weight excluding hydrogens is 401 g/mol. The van der Waals surface area contributed by atoms with E-state index in [-0.39, 0.29) is 18.1 Å². The van der Waals surface area contributed by atoms with Gasteiger partial charge in [-0.2, -0.15) is 5.10 Å². The Labute approximate surface area is 180 Å². The van der Waals surface area contributed by atoms with Gasteiger partial charge >= 0.3 is 0 Å². The zero-order valence-electron chi connectivity index (χ0n) is 16.7. The molecule has 3 aromatic rings. The molecule has 0 radical (unpaired) electrons. The molecule has 0 aliphatic carbocycles. The van der Waals surface area contributed by atoms with E-state index in [1.165, 1.54) is 12.1 Å². The molecule has 0 unspecified atom stereocenters. The molecule has 2 aliphatic rings. The van der Waals surface area contributed by atoms with E-state index < -0.39 is 0 Å². The second-order valence-corrected chi connectivity index (χ2v) is 8.23. The van der Waals surface area contributed by atoms with Gasteiger partial charge in [-0.15, -0.1) is 0 Å². The summed E-state index contributed by atoms with van der Waals surface area (Å²) in [5.74, 6) is 0.562. The summed E-state index contributed by atoms with van der Waals surface area (Å²) in [7, 11) is 4.03. The fourth-order valence-corrected chi connectivity index (χ4v) is 4.21. The first-order valence-electron chi connectivity index (χ1n) is 9.85. The highest BCUT2D eigenvalue weighted by Crippen LogP contribution is 2.48. The maximum atomic E-state index is 13.4. The number of anilines is 1. The molecule has 2 aliphatic heterocycles. The van der Waals surface area contributed by atoms with Gasteiger partial charge in [-0.25, -0.2) is 9.40 Å². The average molecular weight is 422 g/mol. The highest BCUT2D eigenvalue weighted by atomic mass is 35.5. The van der Waals surface area contributed by atoms with Crippen molar-refractivity contribution in [1.82, 2.24) is 5.01 Å². The van der Waals surface area contributed by atoms with Crippen molar-refractivity contribution < 1.29 is 9.13 Å². The lowest BCUT2D eigenvalue weighted by molar-refractivity contribution is -0.0190. The number of ether oxygens (including phenoxy) is 1. The summed E-state index contributed by atoms with van der Waals surface area (Å²) in [4.78, 5) is 2.06. The number of hydrogen-bond acceptors (Lipinski definition) is 4. The molecule has 3 aromatic carbocycles. The first-order valence-corrected chi connectivity index (χ1v) is 10.2. The van der Waals surface area contributed by atoms with Gasteiger partial charge in [0.25, 0.3) is 0 Å². The van der Waals surface area contributed by atoms with Crippen molar-refractivity contribution in [3.05, 3.63) is 94.3 Å².